The molecule has 0 aromatic heterocycles. The molecule has 1 fully saturated rings. The van der Waals surface area contributed by atoms with E-state index in [9.17, 15) is 10.1 Å². The minimum Gasteiger partial charge on any atom is -0.311 e. The van der Waals surface area contributed by atoms with Gasteiger partial charge >= 0.3 is 0 Å². The molecule has 1 N–H and O–H groups in total. The first kappa shape index (κ1) is 14.6. The molecule has 1 saturated carbocycles. The van der Waals surface area contributed by atoms with Crippen molar-refractivity contribution in [2.75, 3.05) is 12.8 Å². The van der Waals surface area contributed by atoms with Crippen LogP contribution in [0.2, 0.25) is 5.02 Å². The van der Waals surface area contributed by atoms with E-state index in [0.717, 1.165) is 6.54 Å². The zero-order valence-corrected chi connectivity index (χ0v) is 12.4. The second kappa shape index (κ2) is 6.11. The first-order valence-corrected chi connectivity index (χ1v) is 7.85. The van der Waals surface area contributed by atoms with Gasteiger partial charge in [0, 0.05) is 34.5 Å². The molecule has 6 heteroatoms. The van der Waals surface area contributed by atoms with Crippen LogP contribution in [-0.2, 0) is 6.54 Å². The van der Waals surface area contributed by atoms with Crippen molar-refractivity contribution in [1.82, 2.24) is 5.32 Å². The largest absolute Gasteiger partial charge is 0.311 e. The van der Waals surface area contributed by atoms with Gasteiger partial charge in [0.2, 0.25) is 0 Å². The molecule has 19 heavy (non-hydrogen) atoms. The first-order chi connectivity index (χ1) is 9.06. The van der Waals surface area contributed by atoms with E-state index >= 15 is 0 Å². The molecular weight excluding hydrogens is 284 g/mol. The highest BCUT2D eigenvalue weighted by molar-refractivity contribution is 8.00. The molecule has 0 atom stereocenters. The highest BCUT2D eigenvalue weighted by Crippen LogP contribution is 2.42. The summed E-state index contributed by atoms with van der Waals surface area (Å²) in [7, 11) is 0. The number of hydrogen-bond acceptors (Lipinski definition) is 4. The predicted octanol–water partition coefficient (Wildman–Crippen LogP) is 3.62. The minimum absolute atomic E-state index is 0.0896. The Morgan fingerprint density at radius 1 is 1.53 bits per heavy atom. The third-order valence-electron chi connectivity index (χ3n) is 3.70. The highest BCUT2D eigenvalue weighted by atomic mass is 35.5. The van der Waals surface area contributed by atoms with Crippen molar-refractivity contribution in [3.8, 4) is 0 Å². The molecule has 0 aliphatic heterocycles. The van der Waals surface area contributed by atoms with Crippen molar-refractivity contribution in [3.05, 3.63) is 38.9 Å². The predicted molar refractivity (Wildman–Crippen MR) is 79.9 cm³/mol. The molecule has 4 nitrogen and oxygen atoms in total. The van der Waals surface area contributed by atoms with Crippen molar-refractivity contribution < 1.29 is 4.92 Å². The molecule has 104 valence electrons. The molecule has 0 radical (unpaired) electrons. The number of benzene rings is 1. The van der Waals surface area contributed by atoms with Gasteiger partial charge in [0.1, 0.15) is 0 Å². The molecule has 0 unspecified atom stereocenters. The molecular formula is C13H17ClN2O2S. The van der Waals surface area contributed by atoms with Gasteiger partial charge in [-0.05, 0) is 31.2 Å². The van der Waals surface area contributed by atoms with Crippen molar-refractivity contribution in [3.63, 3.8) is 0 Å². The van der Waals surface area contributed by atoms with Crippen molar-refractivity contribution in [2.24, 2.45) is 0 Å². The summed E-state index contributed by atoms with van der Waals surface area (Å²) in [5.74, 6) is 0. The SMILES string of the molecule is CSC1(CNCc2ccc(Cl)cc2[N+](=O)[O-])CCC1. The normalized spacial score (nSPS) is 16.9. The molecule has 0 spiro atoms. The lowest BCUT2D eigenvalue weighted by atomic mass is 9.84. The lowest BCUT2D eigenvalue weighted by molar-refractivity contribution is -0.385. The number of rotatable bonds is 6. The average Bonchev–Trinajstić information content (AvgIpc) is 2.34. The van der Waals surface area contributed by atoms with Crippen LogP contribution in [0.25, 0.3) is 0 Å². The van der Waals surface area contributed by atoms with Crippen LogP contribution in [0.5, 0.6) is 0 Å². The van der Waals surface area contributed by atoms with Gasteiger partial charge in [0.05, 0.1) is 4.92 Å². The number of nitrogens with one attached hydrogen (secondary N) is 1. The lowest BCUT2D eigenvalue weighted by Gasteiger charge is -2.40. The van der Waals surface area contributed by atoms with Crippen molar-refractivity contribution >= 4 is 29.1 Å². The zero-order valence-electron chi connectivity index (χ0n) is 10.8. The smallest absolute Gasteiger partial charge is 0.275 e. The lowest BCUT2D eigenvalue weighted by Crippen LogP contribution is -2.43. The third-order valence-corrected chi connectivity index (χ3v) is 5.36. The van der Waals surface area contributed by atoms with Gasteiger partial charge in [-0.25, -0.2) is 0 Å². The highest BCUT2D eigenvalue weighted by Gasteiger charge is 2.35. The minimum atomic E-state index is -0.378. The van der Waals surface area contributed by atoms with E-state index in [4.69, 9.17) is 11.6 Å². The molecule has 1 aromatic carbocycles. The number of halogens is 1. The van der Waals surface area contributed by atoms with E-state index in [1.54, 1.807) is 12.1 Å². The van der Waals surface area contributed by atoms with E-state index in [2.05, 4.69) is 11.6 Å². The fourth-order valence-electron chi connectivity index (χ4n) is 2.31. The maximum absolute atomic E-state index is 11.0. The quantitative estimate of drug-likeness (QED) is 0.644. The fourth-order valence-corrected chi connectivity index (χ4v) is 3.42. The molecule has 1 aromatic rings. The number of nitro groups is 1. The van der Waals surface area contributed by atoms with Crippen LogP contribution >= 0.6 is 23.4 Å². The van der Waals surface area contributed by atoms with E-state index in [1.807, 2.05) is 11.8 Å². The maximum Gasteiger partial charge on any atom is 0.275 e. The molecule has 0 amide bonds. The summed E-state index contributed by atoms with van der Waals surface area (Å²) in [5.41, 5.74) is 0.775. The molecule has 1 aliphatic rings. The van der Waals surface area contributed by atoms with Gasteiger partial charge in [-0.1, -0.05) is 18.0 Å². The van der Waals surface area contributed by atoms with Gasteiger partial charge in [-0.3, -0.25) is 10.1 Å². The Labute approximate surface area is 122 Å². The molecule has 0 bridgehead atoms. The molecule has 0 heterocycles. The van der Waals surface area contributed by atoms with Gasteiger partial charge < -0.3 is 5.32 Å². The van der Waals surface area contributed by atoms with E-state index < -0.39 is 0 Å². The van der Waals surface area contributed by atoms with Crippen LogP contribution < -0.4 is 5.32 Å². The van der Waals surface area contributed by atoms with Crippen LogP contribution in [0.4, 0.5) is 5.69 Å². The Bertz CT molecular complexity index is 472. The summed E-state index contributed by atoms with van der Waals surface area (Å²) in [4.78, 5) is 10.6. The van der Waals surface area contributed by atoms with Gasteiger partial charge in [0.15, 0.2) is 0 Å². The average molecular weight is 301 g/mol. The van der Waals surface area contributed by atoms with Crippen LogP contribution in [0.1, 0.15) is 24.8 Å². The third kappa shape index (κ3) is 3.41. The number of nitro benzene ring substituents is 1. The number of nitrogens with zero attached hydrogens (tertiary/aromatic N) is 1. The Hall–Kier alpha value is -0.780. The van der Waals surface area contributed by atoms with E-state index in [0.29, 0.717) is 21.9 Å². The monoisotopic (exact) mass is 300 g/mol. The Balaban J connectivity index is 1.97. The van der Waals surface area contributed by atoms with Crippen LogP contribution in [0.15, 0.2) is 18.2 Å². The van der Waals surface area contributed by atoms with Crippen molar-refractivity contribution in [1.29, 1.82) is 0 Å². The van der Waals surface area contributed by atoms with E-state index in [-0.39, 0.29) is 10.6 Å². The molecule has 0 saturated heterocycles. The van der Waals surface area contributed by atoms with Crippen LogP contribution in [0.3, 0.4) is 0 Å². The Morgan fingerprint density at radius 2 is 2.26 bits per heavy atom. The van der Waals surface area contributed by atoms with Gasteiger partial charge in [-0.15, -0.1) is 0 Å². The Kier molecular flexibility index (Phi) is 4.71. The summed E-state index contributed by atoms with van der Waals surface area (Å²) in [5, 5.41) is 14.7. The number of hydrogen-bond donors (Lipinski definition) is 1. The standard InChI is InChI=1S/C13H17ClN2O2S/c1-19-13(5-2-6-13)9-15-8-10-3-4-11(14)7-12(10)16(17)18/h3-4,7,15H,2,5-6,8-9H2,1H3. The maximum atomic E-state index is 11.0. The zero-order chi connectivity index (χ0) is 13.9. The van der Waals surface area contributed by atoms with Crippen LogP contribution in [-0.4, -0.2) is 22.5 Å². The summed E-state index contributed by atoms with van der Waals surface area (Å²) in [6, 6.07) is 4.82. The van der Waals surface area contributed by atoms with Crippen LogP contribution in [0, 0.1) is 10.1 Å². The summed E-state index contributed by atoms with van der Waals surface area (Å²) in [6.07, 6.45) is 5.86. The second-order valence-corrected chi connectivity index (χ2v) is 6.59. The summed E-state index contributed by atoms with van der Waals surface area (Å²) in [6.45, 7) is 1.41. The van der Waals surface area contributed by atoms with Gasteiger partial charge in [0.25, 0.3) is 5.69 Å². The Morgan fingerprint density at radius 3 is 2.79 bits per heavy atom. The summed E-state index contributed by atoms with van der Waals surface area (Å²) < 4.78 is 0.335. The molecule has 2 rings (SSSR count). The first-order valence-electron chi connectivity index (χ1n) is 6.25. The van der Waals surface area contributed by atoms with E-state index in [1.165, 1.54) is 25.3 Å². The second-order valence-electron chi connectivity index (χ2n) is 4.87. The number of thioether (sulfide) groups is 1. The molecule has 1 aliphatic carbocycles. The summed E-state index contributed by atoms with van der Waals surface area (Å²) >= 11 is 7.68. The fraction of sp³-hybridized carbons (Fsp3) is 0.538. The topological polar surface area (TPSA) is 55.2 Å². The van der Waals surface area contributed by atoms with Crippen molar-refractivity contribution in [2.45, 2.75) is 30.6 Å². The van der Waals surface area contributed by atoms with Gasteiger partial charge in [-0.2, -0.15) is 11.8 Å².